The molecule has 0 saturated heterocycles. The molecule has 0 radical (unpaired) electrons. The van der Waals surface area contributed by atoms with Gasteiger partial charge < -0.3 is 4.74 Å². The molecule has 20 heavy (non-hydrogen) atoms. The average Bonchev–Trinajstić information content (AvgIpc) is 2.82. The van der Waals surface area contributed by atoms with E-state index in [0.29, 0.717) is 17.7 Å². The number of ether oxygens (including phenoxy) is 1. The number of fused-ring (bicyclic) bond motifs is 1. The summed E-state index contributed by atoms with van der Waals surface area (Å²) in [5.74, 6) is 0.357. The molecule has 1 aliphatic rings. The van der Waals surface area contributed by atoms with Crippen molar-refractivity contribution >= 4 is 17.4 Å². The van der Waals surface area contributed by atoms with Gasteiger partial charge in [0.15, 0.2) is 5.78 Å². The Hall–Kier alpha value is -1.87. The minimum absolute atomic E-state index is 0.0886. The summed E-state index contributed by atoms with van der Waals surface area (Å²) in [6.45, 7) is 0.110. The number of benzene rings is 2. The third-order valence-electron chi connectivity index (χ3n) is 3.42. The molecule has 0 N–H and O–H groups in total. The van der Waals surface area contributed by atoms with Crippen molar-refractivity contribution in [2.24, 2.45) is 0 Å². The number of aryl methyl sites for hydroxylation is 1. The third kappa shape index (κ3) is 2.41. The molecule has 0 atom stereocenters. The van der Waals surface area contributed by atoms with Gasteiger partial charge in [0.25, 0.3) is 0 Å². The minimum Gasteiger partial charge on any atom is -0.489 e. The van der Waals surface area contributed by atoms with Gasteiger partial charge in [-0.3, -0.25) is 4.79 Å². The van der Waals surface area contributed by atoms with Crippen molar-refractivity contribution in [3.63, 3.8) is 0 Å². The van der Waals surface area contributed by atoms with Gasteiger partial charge in [0.2, 0.25) is 0 Å². The molecule has 0 aromatic heterocycles. The van der Waals surface area contributed by atoms with E-state index in [1.807, 2.05) is 6.07 Å². The normalized spacial score (nSPS) is 13.4. The van der Waals surface area contributed by atoms with Crippen molar-refractivity contribution < 1.29 is 13.9 Å². The summed E-state index contributed by atoms with van der Waals surface area (Å²) >= 11 is 5.72. The number of carbonyl (C=O) groups is 1. The van der Waals surface area contributed by atoms with Crippen LogP contribution in [0, 0.1) is 5.82 Å². The molecule has 2 nitrogen and oxygen atoms in total. The lowest BCUT2D eigenvalue weighted by molar-refractivity contribution is 0.0994. The Labute approximate surface area is 121 Å². The number of ketones is 1. The van der Waals surface area contributed by atoms with Gasteiger partial charge in [0.1, 0.15) is 18.2 Å². The zero-order valence-electron chi connectivity index (χ0n) is 10.7. The van der Waals surface area contributed by atoms with Crippen LogP contribution in [0.15, 0.2) is 36.4 Å². The Kier molecular flexibility index (Phi) is 3.45. The first kappa shape index (κ1) is 13.1. The van der Waals surface area contributed by atoms with Crippen molar-refractivity contribution in [1.29, 1.82) is 0 Å². The molecule has 0 heterocycles. The third-order valence-corrected chi connectivity index (χ3v) is 3.72. The zero-order valence-corrected chi connectivity index (χ0v) is 11.4. The molecule has 2 aromatic rings. The van der Waals surface area contributed by atoms with Crippen LogP contribution in [0.25, 0.3) is 0 Å². The molecule has 1 aliphatic carbocycles. The van der Waals surface area contributed by atoms with Gasteiger partial charge in [-0.05, 0) is 36.2 Å². The molecular formula is C16H12ClFO2. The molecule has 0 aliphatic heterocycles. The van der Waals surface area contributed by atoms with Crippen molar-refractivity contribution in [2.75, 3.05) is 0 Å². The van der Waals surface area contributed by atoms with Crippen molar-refractivity contribution in [3.8, 4) is 5.75 Å². The lowest BCUT2D eigenvalue weighted by atomic mass is 10.1. The van der Waals surface area contributed by atoms with Crippen LogP contribution < -0.4 is 4.74 Å². The Balaban J connectivity index is 1.76. The number of Topliss-reactive ketones (excluding diaryl/α,β-unsaturated/α-hetero) is 1. The summed E-state index contributed by atoms with van der Waals surface area (Å²) in [6.07, 6.45) is 1.30. The average molecular weight is 291 g/mol. The number of rotatable bonds is 3. The van der Waals surface area contributed by atoms with E-state index in [-0.39, 0.29) is 17.4 Å². The van der Waals surface area contributed by atoms with Gasteiger partial charge in [-0.25, -0.2) is 4.39 Å². The van der Waals surface area contributed by atoms with Crippen LogP contribution in [0.2, 0.25) is 5.02 Å². The van der Waals surface area contributed by atoms with Crippen LogP contribution in [0.4, 0.5) is 4.39 Å². The second-order valence-corrected chi connectivity index (χ2v) is 5.15. The molecule has 0 bridgehead atoms. The van der Waals surface area contributed by atoms with E-state index in [1.54, 1.807) is 24.3 Å². The van der Waals surface area contributed by atoms with Gasteiger partial charge in [0, 0.05) is 17.5 Å². The maximum Gasteiger partial charge on any atom is 0.163 e. The van der Waals surface area contributed by atoms with Gasteiger partial charge in [-0.1, -0.05) is 23.7 Å². The van der Waals surface area contributed by atoms with Gasteiger partial charge in [-0.15, -0.1) is 0 Å². The predicted octanol–water partition coefficient (Wildman–Crippen LogP) is 4.19. The summed E-state index contributed by atoms with van der Waals surface area (Å²) in [5, 5.41) is 0.0886. The first-order valence-electron chi connectivity index (χ1n) is 6.37. The van der Waals surface area contributed by atoms with E-state index < -0.39 is 5.82 Å². The SMILES string of the molecule is O=C1CCc2cc(OCc3cccc(Cl)c3F)ccc21. The molecule has 2 aromatic carbocycles. The quantitative estimate of drug-likeness (QED) is 0.847. The van der Waals surface area contributed by atoms with Crippen molar-refractivity contribution in [3.05, 3.63) is 63.9 Å². The standard InChI is InChI=1S/C16H12ClFO2/c17-14-3-1-2-11(16(14)18)9-20-12-5-6-13-10(8-12)4-7-15(13)19/h1-3,5-6,8H,4,7,9H2. The van der Waals surface area contributed by atoms with Crippen LogP contribution in [-0.2, 0) is 13.0 Å². The largest absolute Gasteiger partial charge is 0.489 e. The van der Waals surface area contributed by atoms with E-state index in [2.05, 4.69) is 0 Å². The van der Waals surface area contributed by atoms with E-state index in [9.17, 15) is 9.18 Å². The molecule has 3 rings (SSSR count). The molecule has 0 spiro atoms. The highest BCUT2D eigenvalue weighted by Crippen LogP contribution is 2.27. The summed E-state index contributed by atoms with van der Waals surface area (Å²) in [7, 11) is 0. The second-order valence-electron chi connectivity index (χ2n) is 4.74. The summed E-state index contributed by atoms with van der Waals surface area (Å²) in [6, 6.07) is 10.2. The van der Waals surface area contributed by atoms with Gasteiger partial charge >= 0.3 is 0 Å². The number of hydrogen-bond acceptors (Lipinski definition) is 2. The molecule has 0 fully saturated rings. The number of hydrogen-bond donors (Lipinski definition) is 0. The van der Waals surface area contributed by atoms with E-state index >= 15 is 0 Å². The highest BCUT2D eigenvalue weighted by molar-refractivity contribution is 6.30. The first-order chi connectivity index (χ1) is 9.65. The molecule has 0 unspecified atom stereocenters. The van der Waals surface area contributed by atoms with E-state index in [0.717, 1.165) is 17.5 Å². The second kappa shape index (κ2) is 5.25. The summed E-state index contributed by atoms with van der Waals surface area (Å²) < 4.78 is 19.3. The molecule has 0 amide bonds. The van der Waals surface area contributed by atoms with Gasteiger partial charge in [0.05, 0.1) is 5.02 Å². The first-order valence-corrected chi connectivity index (χ1v) is 6.75. The smallest absolute Gasteiger partial charge is 0.163 e. The van der Waals surface area contributed by atoms with Crippen LogP contribution in [-0.4, -0.2) is 5.78 Å². The monoisotopic (exact) mass is 290 g/mol. The van der Waals surface area contributed by atoms with Crippen LogP contribution in [0.1, 0.15) is 27.9 Å². The fourth-order valence-electron chi connectivity index (χ4n) is 2.34. The van der Waals surface area contributed by atoms with Crippen molar-refractivity contribution in [1.82, 2.24) is 0 Å². The maximum absolute atomic E-state index is 13.7. The predicted molar refractivity (Wildman–Crippen MR) is 74.8 cm³/mol. The molecule has 0 saturated carbocycles. The van der Waals surface area contributed by atoms with Crippen LogP contribution >= 0.6 is 11.6 Å². The Bertz CT molecular complexity index is 682. The number of carbonyl (C=O) groups excluding carboxylic acids is 1. The maximum atomic E-state index is 13.7. The Morgan fingerprint density at radius 2 is 2.05 bits per heavy atom. The summed E-state index contributed by atoms with van der Waals surface area (Å²) in [4.78, 5) is 11.5. The van der Waals surface area contributed by atoms with Crippen molar-refractivity contribution in [2.45, 2.75) is 19.4 Å². The molecule has 102 valence electrons. The Morgan fingerprint density at radius 1 is 1.20 bits per heavy atom. The fourth-order valence-corrected chi connectivity index (χ4v) is 2.54. The molecular weight excluding hydrogens is 279 g/mol. The minimum atomic E-state index is -0.453. The van der Waals surface area contributed by atoms with Crippen LogP contribution in [0.5, 0.6) is 5.75 Å². The van der Waals surface area contributed by atoms with Gasteiger partial charge in [-0.2, -0.15) is 0 Å². The molecule has 4 heteroatoms. The van der Waals surface area contributed by atoms with E-state index in [1.165, 1.54) is 6.07 Å². The highest BCUT2D eigenvalue weighted by atomic mass is 35.5. The lowest BCUT2D eigenvalue weighted by Crippen LogP contribution is -1.99. The van der Waals surface area contributed by atoms with E-state index in [4.69, 9.17) is 16.3 Å². The lowest BCUT2D eigenvalue weighted by Gasteiger charge is -2.09. The zero-order chi connectivity index (χ0) is 14.1. The summed E-state index contributed by atoms with van der Waals surface area (Å²) in [5.41, 5.74) is 2.18. The topological polar surface area (TPSA) is 26.3 Å². The number of halogens is 2. The highest BCUT2D eigenvalue weighted by Gasteiger charge is 2.19. The van der Waals surface area contributed by atoms with Crippen LogP contribution in [0.3, 0.4) is 0 Å². The Morgan fingerprint density at radius 3 is 2.90 bits per heavy atom. The fraction of sp³-hybridized carbons (Fsp3) is 0.188.